The van der Waals surface area contributed by atoms with Crippen molar-refractivity contribution in [2.24, 2.45) is 11.8 Å². The summed E-state index contributed by atoms with van der Waals surface area (Å²) in [5.41, 5.74) is 2.81. The highest BCUT2D eigenvalue weighted by molar-refractivity contribution is 7.89. The van der Waals surface area contributed by atoms with Crippen molar-refractivity contribution in [2.45, 2.75) is 45.1 Å². The number of ether oxygens (including phenoxy) is 1. The molecule has 0 bridgehead atoms. The molecule has 1 N–H and O–H groups in total. The van der Waals surface area contributed by atoms with Crippen LogP contribution in [0, 0.1) is 11.8 Å². The van der Waals surface area contributed by atoms with E-state index >= 15 is 0 Å². The second kappa shape index (κ2) is 9.18. The van der Waals surface area contributed by atoms with Crippen molar-refractivity contribution in [2.75, 3.05) is 18.1 Å². The average molecular weight is 431 g/mol. The Hall–Kier alpha value is -2.38. The van der Waals surface area contributed by atoms with E-state index in [-0.39, 0.29) is 16.9 Å². The molecule has 3 rings (SSSR count). The molecule has 162 valence electrons. The van der Waals surface area contributed by atoms with Crippen molar-refractivity contribution in [1.82, 2.24) is 4.72 Å². The summed E-state index contributed by atoms with van der Waals surface area (Å²) >= 11 is 0. The molecular formula is C23H30N2O4S. The Bertz CT molecular complexity index is 967. The van der Waals surface area contributed by atoms with Gasteiger partial charge >= 0.3 is 6.09 Å². The molecule has 1 unspecified atom stereocenters. The SMILES string of the molecule is CC(C)Cc1ccc(C(NS(=O)(=O)c2ccc(N3CCOC3=O)cc2)C(C)C)cc1. The molecule has 0 aliphatic carbocycles. The fourth-order valence-electron chi connectivity index (χ4n) is 3.59. The molecule has 30 heavy (non-hydrogen) atoms. The summed E-state index contributed by atoms with van der Waals surface area (Å²) in [6.45, 7) is 9.15. The molecule has 0 spiro atoms. The minimum atomic E-state index is -3.72. The molecule has 1 heterocycles. The van der Waals surface area contributed by atoms with Gasteiger partial charge in [-0.15, -0.1) is 0 Å². The third kappa shape index (κ3) is 5.21. The standard InChI is InChI=1S/C23H30N2O4S/c1-16(2)15-18-5-7-19(8-6-18)22(17(3)4)24-30(27,28)21-11-9-20(10-12-21)25-13-14-29-23(25)26/h5-12,16-17,22,24H,13-15H2,1-4H3. The second-order valence-electron chi connectivity index (χ2n) is 8.44. The zero-order valence-corrected chi connectivity index (χ0v) is 18.8. The van der Waals surface area contributed by atoms with Crippen LogP contribution in [0.25, 0.3) is 0 Å². The van der Waals surface area contributed by atoms with Crippen LogP contribution in [0.5, 0.6) is 0 Å². The highest BCUT2D eigenvalue weighted by atomic mass is 32.2. The molecule has 1 aliphatic heterocycles. The largest absolute Gasteiger partial charge is 0.447 e. The molecule has 6 nitrogen and oxygen atoms in total. The predicted molar refractivity (Wildman–Crippen MR) is 118 cm³/mol. The number of anilines is 1. The fraction of sp³-hybridized carbons (Fsp3) is 0.435. The molecule has 2 aromatic carbocycles. The van der Waals surface area contributed by atoms with E-state index < -0.39 is 16.1 Å². The van der Waals surface area contributed by atoms with Crippen molar-refractivity contribution >= 4 is 21.8 Å². The first-order valence-corrected chi connectivity index (χ1v) is 11.8. The van der Waals surface area contributed by atoms with E-state index in [1.54, 1.807) is 12.1 Å². The van der Waals surface area contributed by atoms with E-state index in [1.165, 1.54) is 22.6 Å². The van der Waals surface area contributed by atoms with Gasteiger partial charge in [0.1, 0.15) is 6.61 Å². The van der Waals surface area contributed by atoms with Crippen molar-refractivity contribution < 1.29 is 17.9 Å². The van der Waals surface area contributed by atoms with Gasteiger partial charge in [0, 0.05) is 11.7 Å². The van der Waals surface area contributed by atoms with E-state index in [0.29, 0.717) is 24.8 Å². The average Bonchev–Trinajstić information content (AvgIpc) is 3.12. The zero-order chi connectivity index (χ0) is 21.9. The number of carbonyl (C=O) groups excluding carboxylic acids is 1. The number of cyclic esters (lactones) is 1. The Morgan fingerprint density at radius 1 is 1.00 bits per heavy atom. The van der Waals surface area contributed by atoms with Gasteiger partial charge in [-0.25, -0.2) is 17.9 Å². The molecule has 1 atom stereocenters. The van der Waals surface area contributed by atoms with Crippen LogP contribution in [0.2, 0.25) is 0 Å². The van der Waals surface area contributed by atoms with Gasteiger partial charge in [0.05, 0.1) is 11.4 Å². The van der Waals surface area contributed by atoms with E-state index in [1.807, 2.05) is 26.0 Å². The number of hydrogen-bond acceptors (Lipinski definition) is 4. The van der Waals surface area contributed by atoms with Crippen LogP contribution in [0.4, 0.5) is 10.5 Å². The number of nitrogens with zero attached hydrogens (tertiary/aromatic N) is 1. The van der Waals surface area contributed by atoms with E-state index in [0.717, 1.165) is 12.0 Å². The van der Waals surface area contributed by atoms with E-state index in [4.69, 9.17) is 4.74 Å². The quantitative estimate of drug-likeness (QED) is 0.668. The lowest BCUT2D eigenvalue weighted by Crippen LogP contribution is -2.32. The van der Waals surface area contributed by atoms with Crippen LogP contribution in [-0.4, -0.2) is 27.7 Å². The van der Waals surface area contributed by atoms with Gasteiger partial charge in [-0.05, 0) is 53.6 Å². The lowest BCUT2D eigenvalue weighted by atomic mass is 9.94. The van der Waals surface area contributed by atoms with Gasteiger partial charge < -0.3 is 4.74 Å². The van der Waals surface area contributed by atoms with Gasteiger partial charge in [-0.3, -0.25) is 4.90 Å². The molecule has 0 radical (unpaired) electrons. The third-order valence-electron chi connectivity index (χ3n) is 5.15. The van der Waals surface area contributed by atoms with Gasteiger partial charge in [0.15, 0.2) is 0 Å². The molecule has 1 saturated heterocycles. The van der Waals surface area contributed by atoms with Crippen LogP contribution in [0.15, 0.2) is 53.4 Å². The number of hydrogen-bond donors (Lipinski definition) is 1. The molecule has 1 amide bonds. The number of carbonyl (C=O) groups is 1. The number of nitrogens with one attached hydrogen (secondary N) is 1. The molecule has 1 aliphatic rings. The summed E-state index contributed by atoms with van der Waals surface area (Å²) < 4.78 is 33.8. The number of sulfonamides is 1. The number of benzene rings is 2. The first-order chi connectivity index (χ1) is 14.2. The maximum Gasteiger partial charge on any atom is 0.414 e. The van der Waals surface area contributed by atoms with Crippen molar-refractivity contribution in [3.63, 3.8) is 0 Å². The second-order valence-corrected chi connectivity index (χ2v) is 10.2. The fourth-order valence-corrected chi connectivity index (χ4v) is 4.96. The van der Waals surface area contributed by atoms with Gasteiger partial charge in [-0.1, -0.05) is 52.0 Å². The summed E-state index contributed by atoms with van der Waals surface area (Å²) in [5, 5.41) is 0. The van der Waals surface area contributed by atoms with E-state index in [2.05, 4.69) is 30.7 Å². The predicted octanol–water partition coefficient (Wildman–Crippen LogP) is 4.52. The number of rotatable bonds is 8. The topological polar surface area (TPSA) is 75.7 Å². The van der Waals surface area contributed by atoms with Crippen molar-refractivity contribution in [1.29, 1.82) is 0 Å². The highest BCUT2D eigenvalue weighted by Crippen LogP contribution is 2.26. The van der Waals surface area contributed by atoms with Crippen LogP contribution in [0.3, 0.4) is 0 Å². The summed E-state index contributed by atoms with van der Waals surface area (Å²) in [7, 11) is -3.72. The summed E-state index contributed by atoms with van der Waals surface area (Å²) in [4.78, 5) is 13.3. The molecule has 1 fully saturated rings. The van der Waals surface area contributed by atoms with Crippen LogP contribution < -0.4 is 9.62 Å². The Balaban J connectivity index is 1.78. The maximum absolute atomic E-state index is 13.0. The summed E-state index contributed by atoms with van der Waals surface area (Å²) in [6.07, 6.45) is 0.583. The molecule has 0 saturated carbocycles. The Labute approximate surface area is 179 Å². The van der Waals surface area contributed by atoms with Gasteiger partial charge in [0.25, 0.3) is 0 Å². The van der Waals surface area contributed by atoms with E-state index in [9.17, 15) is 13.2 Å². The van der Waals surface area contributed by atoms with Gasteiger partial charge in [0.2, 0.25) is 10.0 Å². The normalized spacial score (nSPS) is 15.7. The minimum Gasteiger partial charge on any atom is -0.447 e. The number of amides is 1. The molecule has 7 heteroatoms. The Morgan fingerprint density at radius 2 is 1.63 bits per heavy atom. The Kier molecular flexibility index (Phi) is 6.83. The van der Waals surface area contributed by atoms with Gasteiger partial charge in [-0.2, -0.15) is 0 Å². The molecule has 0 aromatic heterocycles. The lowest BCUT2D eigenvalue weighted by Gasteiger charge is -2.23. The van der Waals surface area contributed by atoms with Crippen LogP contribution >= 0.6 is 0 Å². The summed E-state index contributed by atoms with van der Waals surface area (Å²) in [5.74, 6) is 0.648. The first-order valence-electron chi connectivity index (χ1n) is 10.3. The minimum absolute atomic E-state index is 0.0781. The maximum atomic E-state index is 13.0. The van der Waals surface area contributed by atoms with Crippen molar-refractivity contribution in [3.8, 4) is 0 Å². The monoisotopic (exact) mass is 430 g/mol. The summed E-state index contributed by atoms with van der Waals surface area (Å²) in [6, 6.07) is 14.1. The van der Waals surface area contributed by atoms with Crippen LogP contribution in [-0.2, 0) is 21.2 Å². The lowest BCUT2D eigenvalue weighted by molar-refractivity contribution is 0.181. The van der Waals surface area contributed by atoms with Crippen molar-refractivity contribution in [3.05, 3.63) is 59.7 Å². The smallest absolute Gasteiger partial charge is 0.414 e. The zero-order valence-electron chi connectivity index (χ0n) is 18.0. The molecule has 2 aromatic rings. The highest BCUT2D eigenvalue weighted by Gasteiger charge is 2.26. The Morgan fingerprint density at radius 3 is 2.13 bits per heavy atom. The first kappa shape index (κ1) is 22.3. The molecular weight excluding hydrogens is 400 g/mol. The van der Waals surface area contributed by atoms with Crippen LogP contribution in [0.1, 0.15) is 44.9 Å². The third-order valence-corrected chi connectivity index (χ3v) is 6.61.